The van der Waals surface area contributed by atoms with Crippen molar-refractivity contribution in [1.29, 1.82) is 0 Å². The van der Waals surface area contributed by atoms with Gasteiger partial charge in [0.1, 0.15) is 13.2 Å². The monoisotopic (exact) mass is 1490 g/mol. The summed E-state index contributed by atoms with van der Waals surface area (Å²) >= 11 is 0. The van der Waals surface area contributed by atoms with Crippen LogP contribution in [0.5, 0.6) is 0 Å². The Balaban J connectivity index is -0.0000000549. The highest BCUT2D eigenvalue weighted by atomic mass is 16.5. The second kappa shape index (κ2) is 71.0. The smallest absolute Gasteiger partial charge is 0.330 e. The van der Waals surface area contributed by atoms with E-state index in [1.54, 1.807) is 114 Å². The molecule has 0 spiro atoms. The highest BCUT2D eigenvalue weighted by molar-refractivity contribution is 6.02. The third-order valence-electron chi connectivity index (χ3n) is 10.7. The Labute approximate surface area is 646 Å². The number of ketones is 8. The molecule has 0 aromatic rings. The van der Waals surface area contributed by atoms with Crippen LogP contribution in [0.15, 0.2) is 73.4 Å². The number of aliphatic hydroxyl groups is 3. The first-order valence-electron chi connectivity index (χ1n) is 32.1. The van der Waals surface area contributed by atoms with Gasteiger partial charge in [-0.15, -0.1) is 12.8 Å². The van der Waals surface area contributed by atoms with Crippen LogP contribution in [-0.4, -0.2) is 160 Å². The molecule has 0 fully saturated rings. The van der Waals surface area contributed by atoms with Gasteiger partial charge in [-0.2, -0.15) is 0 Å². The predicted octanol–water partition coefficient (Wildman–Crippen LogP) is 16.5. The van der Waals surface area contributed by atoms with Crippen LogP contribution in [0, 0.1) is 74.4 Å². The van der Waals surface area contributed by atoms with Gasteiger partial charge >= 0.3 is 5.97 Å². The molecule has 105 heavy (non-hydrogen) atoms. The number of esters is 1. The maximum Gasteiger partial charge on any atom is 0.330 e. The molecule has 0 saturated carbocycles. The molecule has 618 valence electrons. The van der Waals surface area contributed by atoms with E-state index in [1.165, 1.54) is 24.3 Å². The van der Waals surface area contributed by atoms with Crippen molar-refractivity contribution in [1.82, 2.24) is 15.1 Å². The minimum Gasteiger partial charge on any atom is -0.463 e. The molecule has 0 rings (SSSR count). The summed E-state index contributed by atoms with van der Waals surface area (Å²) < 4.78 is 4.63. The Morgan fingerprint density at radius 1 is 0.486 bits per heavy atom. The summed E-state index contributed by atoms with van der Waals surface area (Å²) in [6.07, 6.45) is 27.3. The lowest BCUT2D eigenvalue weighted by molar-refractivity contribution is -0.137. The number of aliphatic hydroxyl groups excluding tert-OH is 3. The number of ether oxygens (including phenoxy) is 1. The first-order chi connectivity index (χ1) is 43.4. The number of nitrogens with zero attached hydrogens (tertiary/aromatic N) is 2. The second-order valence-corrected chi connectivity index (χ2v) is 30.8. The molecule has 0 aromatic heterocycles. The standard InChI is InChI=1S/2C10H19NO.C10H16O3.C9H14O3.C9H16O2.C8H15NO.C8H12O2.C7H11NO.C7H10O.8CH4/c1-10(2,3)9(12)7-6-8-11(4)5;1-6-8-11(9(12)7-2)10(3,4)5;1-5-13-9(12)7-6-8(11)10(2,3)4;1-9(2,3)8(12)5-4-7(11)6-10;1-9(2,3)8(11)6-4-5-7-10;2*1-8(2,3)7(10)5-4-6-9;1-5-6(9)8-7(2,3)4;1-5-6(8)7(2,3)4;;;;;;;;/h6-7H,8H2,1-5H3;7H,2,6,8H2,1,3-5H3;6-7H,5H2,1-4H3;4-5,10H,6H2,1-3H3;4,6,10H,5,7H2,1-3H3;4-5H,6,9H2,1-3H3;9H,6H2,1-3H3;1H,2-4H3,(H,8,9);1H,2-4H3;8*1H4/b7-6+;;7-6+;5-4+;6-4+;5-4+;;;;;;;;;;;. The van der Waals surface area contributed by atoms with E-state index >= 15 is 0 Å². The van der Waals surface area contributed by atoms with Gasteiger partial charge in [0, 0.05) is 81.3 Å². The fraction of sp³-hybridized carbons (Fsp3) is 0.663. The highest BCUT2D eigenvalue weighted by Crippen LogP contribution is 2.19. The first-order valence-corrected chi connectivity index (χ1v) is 32.1. The van der Waals surface area contributed by atoms with Crippen LogP contribution >= 0.6 is 0 Å². The first kappa shape index (κ1) is 140. The van der Waals surface area contributed by atoms with Gasteiger partial charge < -0.3 is 40.9 Å². The number of Topliss-reactive ketones (excluding diaryl/α,β-unsaturated/α-hetero) is 2. The Morgan fingerprint density at radius 3 is 1.06 bits per heavy atom. The Morgan fingerprint density at radius 2 is 0.829 bits per heavy atom. The van der Waals surface area contributed by atoms with Crippen LogP contribution in [-0.2, 0) is 57.5 Å². The molecule has 0 saturated heterocycles. The molecule has 0 heterocycles. The topological polar surface area (TPSA) is 302 Å². The average Bonchev–Trinajstić information content (AvgIpc) is 0.889. The molecule has 0 unspecified atom stereocenters. The minimum absolute atomic E-state index is 0. The third kappa shape index (κ3) is 101. The van der Waals surface area contributed by atoms with Crippen molar-refractivity contribution >= 4 is 64.0 Å². The van der Waals surface area contributed by atoms with Gasteiger partial charge in [0.05, 0.1) is 6.61 Å². The second-order valence-electron chi connectivity index (χ2n) is 30.8. The van der Waals surface area contributed by atoms with Crippen molar-refractivity contribution < 1.29 is 72.8 Å². The maximum atomic E-state index is 11.4. The van der Waals surface area contributed by atoms with Crippen LogP contribution in [0.25, 0.3) is 0 Å². The molecule has 2 amide bonds. The largest absolute Gasteiger partial charge is 0.463 e. The van der Waals surface area contributed by atoms with Crippen molar-refractivity contribution in [3.8, 4) is 36.5 Å². The number of likely N-dealkylation sites (N-methyl/N-ethyl adjacent to an activating group) is 1. The van der Waals surface area contributed by atoms with E-state index in [-0.39, 0.29) is 158 Å². The number of allylic oxidation sites excluding steroid dienone is 5. The summed E-state index contributed by atoms with van der Waals surface area (Å²) in [6, 6.07) is 0. The fourth-order valence-corrected chi connectivity index (χ4v) is 4.63. The van der Waals surface area contributed by atoms with Crippen LogP contribution < -0.4 is 11.1 Å². The van der Waals surface area contributed by atoms with Crippen molar-refractivity contribution in [3.63, 3.8) is 0 Å². The lowest BCUT2D eigenvalue weighted by Gasteiger charge is -2.34. The lowest BCUT2D eigenvalue weighted by atomic mass is 9.90. The number of amides is 2. The molecule has 0 aromatic carbocycles. The summed E-state index contributed by atoms with van der Waals surface area (Å²) in [7, 11) is 3.96. The molecule has 0 bridgehead atoms. The van der Waals surface area contributed by atoms with Gasteiger partial charge in [-0.1, -0.05) is 242 Å². The number of carbonyl (C=O) groups excluding carboxylic acids is 11. The zero-order chi connectivity index (χ0) is 79.4. The third-order valence-corrected chi connectivity index (χ3v) is 10.7. The number of nitrogens with two attached hydrogens (primary N) is 1. The van der Waals surface area contributed by atoms with E-state index in [2.05, 4.69) is 41.3 Å². The van der Waals surface area contributed by atoms with E-state index < -0.39 is 34.6 Å². The molecule has 0 radical (unpaired) electrons. The Bertz CT molecular complexity index is 2700. The zero-order valence-electron chi connectivity index (χ0n) is 65.8. The zero-order valence-corrected chi connectivity index (χ0v) is 65.8. The number of nitrogens with one attached hydrogen (secondary N) is 1. The fourth-order valence-electron chi connectivity index (χ4n) is 4.63. The molecular weight excluding hydrogens is 1330 g/mol. The van der Waals surface area contributed by atoms with Crippen LogP contribution in [0.2, 0.25) is 0 Å². The minimum atomic E-state index is -0.548. The molecule has 19 heteroatoms. The van der Waals surface area contributed by atoms with Crippen molar-refractivity contribution in [2.24, 2.45) is 43.6 Å². The molecular formula is C86H164N4O15. The van der Waals surface area contributed by atoms with E-state index in [9.17, 15) is 52.7 Å². The Hall–Kier alpha value is -7.31. The number of hydrogen-bond donors (Lipinski definition) is 5. The van der Waals surface area contributed by atoms with Gasteiger partial charge in [0.2, 0.25) is 17.5 Å². The van der Waals surface area contributed by atoms with Crippen molar-refractivity contribution in [2.45, 2.75) is 284 Å². The lowest BCUT2D eigenvalue weighted by Crippen LogP contribution is -2.45. The van der Waals surface area contributed by atoms with E-state index in [4.69, 9.17) is 33.9 Å². The van der Waals surface area contributed by atoms with Crippen LogP contribution in [0.1, 0.15) is 273 Å². The quantitative estimate of drug-likeness (QED) is 0.0391. The van der Waals surface area contributed by atoms with Gasteiger partial charge in [-0.3, -0.25) is 47.9 Å². The normalized spacial score (nSPS) is 10.6. The van der Waals surface area contributed by atoms with Crippen LogP contribution in [0.3, 0.4) is 0 Å². The van der Waals surface area contributed by atoms with E-state index in [0.717, 1.165) is 31.7 Å². The SMILES string of the molecule is C.C.C.C.C.C.C.C.C#CC(=O)C(C)(C)C.C#CC(=O)NC(C)(C)C.C=CC(=O)N(CCC)C(C)(C)C.CC(C)(C)C(=O)/C=C/C(=O)CO.CC(C)(C)C(=O)/C=C/CCO.CC(C)(C)C(=O)/C=C/CN.CC(C)(C)C(=O)C#CCO.CCOC(=O)/C=C/C(=O)C(C)(C)C.CN(C)C/C=C/C(=O)C(C)(C)C. The number of hydrogen-bond acceptors (Lipinski definition) is 17. The van der Waals surface area contributed by atoms with Gasteiger partial charge in [0.25, 0.3) is 5.91 Å². The number of rotatable bonds is 17. The number of carbonyl (C=O) groups is 11. The molecule has 19 nitrogen and oxygen atoms in total. The van der Waals surface area contributed by atoms with Gasteiger partial charge in [-0.25, -0.2) is 4.79 Å². The van der Waals surface area contributed by atoms with Gasteiger partial charge in [-0.05, 0) is 136 Å². The van der Waals surface area contributed by atoms with Crippen molar-refractivity contribution in [2.75, 3.05) is 60.2 Å². The predicted molar refractivity (Wildman–Crippen MR) is 451 cm³/mol. The van der Waals surface area contributed by atoms with E-state index in [0.29, 0.717) is 19.6 Å². The summed E-state index contributed by atoms with van der Waals surface area (Å²) in [6.45, 7) is 59.2. The summed E-state index contributed by atoms with van der Waals surface area (Å²) in [5.41, 5.74) is 2.36. The maximum absolute atomic E-state index is 11.4. The summed E-state index contributed by atoms with van der Waals surface area (Å²) in [5.74, 6) is 7.34. The number of terminal acetylenes is 2. The van der Waals surface area contributed by atoms with E-state index in [1.807, 2.05) is 140 Å². The Kier molecular flexibility index (Phi) is 94.8. The molecule has 0 aliphatic carbocycles. The summed E-state index contributed by atoms with van der Waals surface area (Å²) in [4.78, 5) is 125. The molecule has 6 N–H and O–H groups in total. The molecule has 0 aliphatic heterocycles. The summed E-state index contributed by atoms with van der Waals surface area (Å²) in [5, 5.41) is 27.6. The van der Waals surface area contributed by atoms with Crippen molar-refractivity contribution in [3.05, 3.63) is 73.4 Å². The highest BCUT2D eigenvalue weighted by Gasteiger charge is 2.25. The molecule has 0 aliphatic rings. The average molecular weight is 1490 g/mol. The van der Waals surface area contributed by atoms with Crippen LogP contribution in [0.4, 0.5) is 0 Å². The molecule has 0 atom stereocenters. The van der Waals surface area contributed by atoms with Gasteiger partial charge in [0.15, 0.2) is 34.7 Å².